The largest absolute Gasteiger partial charge is 0.328 e. The molecule has 82 valence electrons. The van der Waals surface area contributed by atoms with Crippen LogP contribution in [0.3, 0.4) is 0 Å². The third-order valence-electron chi connectivity index (χ3n) is 2.56. The number of halogens is 1. The van der Waals surface area contributed by atoms with E-state index in [0.717, 1.165) is 17.2 Å². The molecule has 4 heteroatoms. The average molecular weight is 243 g/mol. The lowest BCUT2D eigenvalue weighted by Crippen LogP contribution is -2.35. The molecule has 0 bridgehead atoms. The third kappa shape index (κ3) is 2.88. The van der Waals surface area contributed by atoms with E-state index >= 15 is 0 Å². The SMILES string of the molecule is NCC1NC(Cc2ccccc2Cl)CS1. The average Bonchev–Trinajstić information content (AvgIpc) is 2.69. The van der Waals surface area contributed by atoms with E-state index in [1.807, 2.05) is 30.0 Å². The van der Waals surface area contributed by atoms with E-state index in [-0.39, 0.29) is 0 Å². The Hall–Kier alpha value is -0.220. The number of thioether (sulfide) groups is 1. The van der Waals surface area contributed by atoms with Gasteiger partial charge in [0, 0.05) is 23.4 Å². The highest BCUT2D eigenvalue weighted by Crippen LogP contribution is 2.23. The second-order valence-electron chi connectivity index (χ2n) is 3.72. The van der Waals surface area contributed by atoms with Crippen LogP contribution in [0.1, 0.15) is 5.56 Å². The second kappa shape index (κ2) is 5.21. The highest BCUT2D eigenvalue weighted by atomic mass is 35.5. The van der Waals surface area contributed by atoms with Gasteiger partial charge in [0.1, 0.15) is 0 Å². The fourth-order valence-corrected chi connectivity index (χ4v) is 3.09. The van der Waals surface area contributed by atoms with Crippen LogP contribution in [0, 0.1) is 0 Å². The van der Waals surface area contributed by atoms with Gasteiger partial charge in [-0.05, 0) is 18.1 Å². The number of nitrogens with one attached hydrogen (secondary N) is 1. The molecule has 1 saturated heterocycles. The van der Waals surface area contributed by atoms with Gasteiger partial charge in [-0.15, -0.1) is 11.8 Å². The van der Waals surface area contributed by atoms with Gasteiger partial charge in [-0.1, -0.05) is 29.8 Å². The summed E-state index contributed by atoms with van der Waals surface area (Å²) in [7, 11) is 0. The van der Waals surface area contributed by atoms with Crippen molar-refractivity contribution in [1.82, 2.24) is 5.32 Å². The van der Waals surface area contributed by atoms with Gasteiger partial charge in [-0.25, -0.2) is 0 Å². The summed E-state index contributed by atoms with van der Waals surface area (Å²) < 4.78 is 0. The summed E-state index contributed by atoms with van der Waals surface area (Å²) in [5.41, 5.74) is 6.83. The van der Waals surface area contributed by atoms with Gasteiger partial charge in [0.2, 0.25) is 0 Å². The van der Waals surface area contributed by atoms with E-state index in [4.69, 9.17) is 17.3 Å². The van der Waals surface area contributed by atoms with E-state index < -0.39 is 0 Å². The fraction of sp³-hybridized carbons (Fsp3) is 0.455. The van der Waals surface area contributed by atoms with Gasteiger partial charge in [0.15, 0.2) is 0 Å². The Morgan fingerprint density at radius 3 is 2.93 bits per heavy atom. The van der Waals surface area contributed by atoms with Gasteiger partial charge in [0.25, 0.3) is 0 Å². The van der Waals surface area contributed by atoms with Crippen LogP contribution in [0.5, 0.6) is 0 Å². The van der Waals surface area contributed by atoms with Crippen molar-refractivity contribution < 1.29 is 0 Å². The highest BCUT2D eigenvalue weighted by molar-refractivity contribution is 8.00. The minimum Gasteiger partial charge on any atom is -0.328 e. The molecule has 2 unspecified atom stereocenters. The van der Waals surface area contributed by atoms with Crippen LogP contribution in [0.2, 0.25) is 5.02 Å². The summed E-state index contributed by atoms with van der Waals surface area (Å²) in [4.78, 5) is 0. The quantitative estimate of drug-likeness (QED) is 0.850. The number of hydrogen-bond acceptors (Lipinski definition) is 3. The zero-order chi connectivity index (χ0) is 10.7. The normalized spacial score (nSPS) is 25.7. The van der Waals surface area contributed by atoms with Gasteiger partial charge >= 0.3 is 0 Å². The molecule has 2 atom stereocenters. The zero-order valence-electron chi connectivity index (χ0n) is 8.45. The molecule has 15 heavy (non-hydrogen) atoms. The first-order valence-electron chi connectivity index (χ1n) is 5.10. The van der Waals surface area contributed by atoms with Crippen molar-refractivity contribution in [3.05, 3.63) is 34.9 Å². The molecule has 0 aromatic heterocycles. The molecular weight excluding hydrogens is 228 g/mol. The molecule has 0 amide bonds. The molecule has 2 nitrogen and oxygen atoms in total. The number of benzene rings is 1. The summed E-state index contributed by atoms with van der Waals surface area (Å²) in [6, 6.07) is 8.53. The van der Waals surface area contributed by atoms with E-state index in [2.05, 4.69) is 11.4 Å². The monoisotopic (exact) mass is 242 g/mol. The first-order valence-corrected chi connectivity index (χ1v) is 6.53. The molecule has 0 radical (unpaired) electrons. The van der Waals surface area contributed by atoms with Crippen LogP contribution in [0.15, 0.2) is 24.3 Å². The maximum atomic E-state index is 6.11. The first kappa shape index (κ1) is 11.3. The minimum atomic E-state index is 0.414. The molecule has 3 N–H and O–H groups in total. The zero-order valence-corrected chi connectivity index (χ0v) is 10.0. The standard InChI is InChI=1S/C11H15ClN2S/c12-10-4-2-1-3-8(10)5-9-7-15-11(6-13)14-9/h1-4,9,11,14H,5-7,13H2. The second-order valence-corrected chi connectivity index (χ2v) is 5.36. The Labute approximate surface area is 99.6 Å². The van der Waals surface area contributed by atoms with Crippen molar-refractivity contribution in [2.45, 2.75) is 17.8 Å². The van der Waals surface area contributed by atoms with Gasteiger partial charge < -0.3 is 11.1 Å². The number of hydrogen-bond donors (Lipinski definition) is 2. The molecular formula is C11H15ClN2S. The van der Waals surface area contributed by atoms with E-state index in [1.54, 1.807) is 0 Å². The van der Waals surface area contributed by atoms with Crippen LogP contribution in [-0.2, 0) is 6.42 Å². The Balaban J connectivity index is 1.96. The molecule has 1 aliphatic heterocycles. The number of nitrogens with two attached hydrogens (primary N) is 1. The summed E-state index contributed by atoms with van der Waals surface area (Å²) in [5, 5.41) is 4.77. The van der Waals surface area contributed by atoms with Crippen molar-refractivity contribution >= 4 is 23.4 Å². The molecule has 1 aliphatic rings. The lowest BCUT2D eigenvalue weighted by atomic mass is 10.1. The van der Waals surface area contributed by atoms with Crippen molar-refractivity contribution in [1.29, 1.82) is 0 Å². The Morgan fingerprint density at radius 1 is 1.47 bits per heavy atom. The predicted octanol–water partition coefficient (Wildman–Crippen LogP) is 1.87. The molecule has 1 aromatic carbocycles. The van der Waals surface area contributed by atoms with Crippen molar-refractivity contribution in [3.8, 4) is 0 Å². The smallest absolute Gasteiger partial charge is 0.0659 e. The highest BCUT2D eigenvalue weighted by Gasteiger charge is 2.23. The van der Waals surface area contributed by atoms with Crippen LogP contribution in [-0.4, -0.2) is 23.7 Å². The summed E-state index contributed by atoms with van der Waals surface area (Å²) in [6.45, 7) is 0.698. The summed E-state index contributed by atoms with van der Waals surface area (Å²) in [6.07, 6.45) is 0.989. The predicted molar refractivity (Wildman–Crippen MR) is 67.4 cm³/mol. The van der Waals surface area contributed by atoms with Crippen LogP contribution in [0.4, 0.5) is 0 Å². The lowest BCUT2D eigenvalue weighted by Gasteiger charge is -2.12. The summed E-state index contributed by atoms with van der Waals surface area (Å²) >= 11 is 8.01. The van der Waals surface area contributed by atoms with Crippen LogP contribution in [0.25, 0.3) is 0 Å². The molecule has 2 rings (SSSR count). The molecule has 0 saturated carbocycles. The minimum absolute atomic E-state index is 0.414. The Bertz CT molecular complexity index is 332. The molecule has 1 aromatic rings. The van der Waals surface area contributed by atoms with Crippen molar-refractivity contribution in [2.75, 3.05) is 12.3 Å². The molecule has 1 heterocycles. The topological polar surface area (TPSA) is 38.0 Å². The Kier molecular flexibility index (Phi) is 3.92. The molecule has 0 spiro atoms. The maximum Gasteiger partial charge on any atom is 0.0659 e. The third-order valence-corrected chi connectivity index (χ3v) is 4.25. The van der Waals surface area contributed by atoms with Crippen LogP contribution < -0.4 is 11.1 Å². The van der Waals surface area contributed by atoms with E-state index in [9.17, 15) is 0 Å². The van der Waals surface area contributed by atoms with Gasteiger partial charge in [-0.3, -0.25) is 0 Å². The van der Waals surface area contributed by atoms with E-state index in [0.29, 0.717) is 18.0 Å². The maximum absolute atomic E-state index is 6.11. The number of rotatable bonds is 3. The van der Waals surface area contributed by atoms with E-state index in [1.165, 1.54) is 5.56 Å². The van der Waals surface area contributed by atoms with Gasteiger partial charge in [0.05, 0.1) is 5.37 Å². The van der Waals surface area contributed by atoms with Crippen molar-refractivity contribution in [2.24, 2.45) is 5.73 Å². The molecule has 1 fully saturated rings. The summed E-state index contributed by atoms with van der Waals surface area (Å²) in [5.74, 6) is 1.12. The fourth-order valence-electron chi connectivity index (χ4n) is 1.77. The van der Waals surface area contributed by atoms with Gasteiger partial charge in [-0.2, -0.15) is 0 Å². The molecule has 0 aliphatic carbocycles. The lowest BCUT2D eigenvalue weighted by molar-refractivity contribution is 0.565. The Morgan fingerprint density at radius 2 is 2.27 bits per heavy atom. The van der Waals surface area contributed by atoms with Crippen molar-refractivity contribution in [3.63, 3.8) is 0 Å². The van der Waals surface area contributed by atoms with Crippen LogP contribution >= 0.6 is 23.4 Å². The first-order chi connectivity index (χ1) is 7.29.